The van der Waals surface area contributed by atoms with E-state index in [0.29, 0.717) is 24.2 Å². The van der Waals surface area contributed by atoms with Crippen molar-refractivity contribution in [3.05, 3.63) is 11.9 Å². The van der Waals surface area contributed by atoms with Gasteiger partial charge in [-0.3, -0.25) is 0 Å². The van der Waals surface area contributed by atoms with Crippen LogP contribution < -0.4 is 10.6 Å². The number of hydrogen-bond donors (Lipinski definition) is 2. The molecule has 0 spiro atoms. The summed E-state index contributed by atoms with van der Waals surface area (Å²) in [6, 6.07) is 1.79. The number of methoxy groups -OCH3 is 1. The van der Waals surface area contributed by atoms with E-state index in [4.69, 9.17) is 15.6 Å². The molecule has 0 aromatic carbocycles. The SMILES string of the molecule is COCc1nc(N)cc(N2CCC(CO)CC2)n1. The average Bonchev–Trinajstić information content (AvgIpc) is 2.38. The maximum atomic E-state index is 9.13. The van der Waals surface area contributed by atoms with Crippen LogP contribution in [0, 0.1) is 5.92 Å². The summed E-state index contributed by atoms with van der Waals surface area (Å²) in [5.74, 6) is 2.35. The topological polar surface area (TPSA) is 84.5 Å². The van der Waals surface area contributed by atoms with Gasteiger partial charge in [0.25, 0.3) is 0 Å². The molecule has 0 saturated carbocycles. The van der Waals surface area contributed by atoms with Crippen LogP contribution >= 0.6 is 0 Å². The highest BCUT2D eigenvalue weighted by Gasteiger charge is 2.20. The first-order valence-corrected chi connectivity index (χ1v) is 6.21. The summed E-state index contributed by atoms with van der Waals surface area (Å²) in [6.07, 6.45) is 1.97. The highest BCUT2D eigenvalue weighted by Crippen LogP contribution is 2.22. The molecular weight excluding hydrogens is 232 g/mol. The quantitative estimate of drug-likeness (QED) is 0.807. The summed E-state index contributed by atoms with van der Waals surface area (Å²) in [4.78, 5) is 10.8. The van der Waals surface area contributed by atoms with Gasteiger partial charge in [-0.15, -0.1) is 0 Å². The van der Waals surface area contributed by atoms with E-state index in [1.165, 1.54) is 0 Å². The van der Waals surface area contributed by atoms with Gasteiger partial charge in [-0.2, -0.15) is 0 Å². The lowest BCUT2D eigenvalue weighted by Crippen LogP contribution is -2.35. The summed E-state index contributed by atoms with van der Waals surface area (Å²) in [7, 11) is 1.61. The molecule has 0 aliphatic carbocycles. The Morgan fingerprint density at radius 3 is 2.78 bits per heavy atom. The molecule has 2 heterocycles. The molecule has 6 heteroatoms. The van der Waals surface area contributed by atoms with Gasteiger partial charge in [0.15, 0.2) is 5.82 Å². The number of ether oxygens (including phenoxy) is 1. The van der Waals surface area contributed by atoms with Gasteiger partial charge in [0.05, 0.1) is 0 Å². The lowest BCUT2D eigenvalue weighted by Gasteiger charge is -2.32. The summed E-state index contributed by atoms with van der Waals surface area (Å²) >= 11 is 0. The molecule has 1 fully saturated rings. The number of piperidine rings is 1. The fourth-order valence-corrected chi connectivity index (χ4v) is 2.20. The van der Waals surface area contributed by atoms with Crippen LogP contribution in [0.5, 0.6) is 0 Å². The van der Waals surface area contributed by atoms with E-state index in [2.05, 4.69) is 14.9 Å². The maximum Gasteiger partial charge on any atom is 0.158 e. The summed E-state index contributed by atoms with van der Waals surface area (Å²) in [5.41, 5.74) is 5.78. The Hall–Kier alpha value is -1.40. The molecule has 0 unspecified atom stereocenters. The third kappa shape index (κ3) is 3.08. The first-order chi connectivity index (χ1) is 8.72. The summed E-state index contributed by atoms with van der Waals surface area (Å²) < 4.78 is 5.03. The van der Waals surface area contributed by atoms with Crippen LogP contribution in [0.25, 0.3) is 0 Å². The smallest absolute Gasteiger partial charge is 0.158 e. The van der Waals surface area contributed by atoms with Crippen LogP contribution in [0.3, 0.4) is 0 Å². The molecule has 0 amide bonds. The molecule has 1 aromatic heterocycles. The summed E-state index contributed by atoms with van der Waals surface area (Å²) in [6.45, 7) is 2.43. The van der Waals surface area contributed by atoms with Gasteiger partial charge >= 0.3 is 0 Å². The highest BCUT2D eigenvalue weighted by molar-refractivity contribution is 5.47. The number of aliphatic hydroxyl groups is 1. The van der Waals surface area contributed by atoms with E-state index < -0.39 is 0 Å². The lowest BCUT2D eigenvalue weighted by atomic mass is 9.98. The fourth-order valence-electron chi connectivity index (χ4n) is 2.20. The van der Waals surface area contributed by atoms with Gasteiger partial charge in [0.1, 0.15) is 18.2 Å². The largest absolute Gasteiger partial charge is 0.396 e. The van der Waals surface area contributed by atoms with Crippen LogP contribution in [0.15, 0.2) is 6.07 Å². The number of nitrogens with two attached hydrogens (primary N) is 1. The molecule has 6 nitrogen and oxygen atoms in total. The van der Waals surface area contributed by atoms with Crippen molar-refractivity contribution >= 4 is 11.6 Å². The van der Waals surface area contributed by atoms with E-state index in [-0.39, 0.29) is 6.61 Å². The zero-order chi connectivity index (χ0) is 13.0. The molecular formula is C12H20N4O2. The van der Waals surface area contributed by atoms with Crippen LogP contribution in [0.1, 0.15) is 18.7 Å². The highest BCUT2D eigenvalue weighted by atomic mass is 16.5. The van der Waals surface area contributed by atoms with Gasteiger partial charge in [0.2, 0.25) is 0 Å². The zero-order valence-corrected chi connectivity index (χ0v) is 10.7. The average molecular weight is 252 g/mol. The Kier molecular flexibility index (Phi) is 4.33. The Bertz CT molecular complexity index is 392. The third-order valence-electron chi connectivity index (χ3n) is 3.25. The predicted molar refractivity (Wildman–Crippen MR) is 69.2 cm³/mol. The maximum absolute atomic E-state index is 9.13. The zero-order valence-electron chi connectivity index (χ0n) is 10.7. The van der Waals surface area contributed by atoms with Gasteiger partial charge < -0.3 is 20.5 Å². The molecule has 1 aliphatic rings. The van der Waals surface area contributed by atoms with Gasteiger partial charge in [-0.05, 0) is 18.8 Å². The number of aliphatic hydroxyl groups excluding tert-OH is 1. The minimum atomic E-state index is 0.272. The second-order valence-corrected chi connectivity index (χ2v) is 4.61. The molecule has 1 saturated heterocycles. The molecule has 1 aromatic rings. The van der Waals surface area contributed by atoms with Crippen molar-refractivity contribution < 1.29 is 9.84 Å². The lowest BCUT2D eigenvalue weighted by molar-refractivity contribution is 0.178. The Morgan fingerprint density at radius 1 is 1.44 bits per heavy atom. The van der Waals surface area contributed by atoms with Crippen molar-refractivity contribution in [3.63, 3.8) is 0 Å². The minimum absolute atomic E-state index is 0.272. The number of rotatable bonds is 4. The van der Waals surface area contributed by atoms with Crippen molar-refractivity contribution in [2.45, 2.75) is 19.4 Å². The van der Waals surface area contributed by atoms with E-state index >= 15 is 0 Å². The van der Waals surface area contributed by atoms with Crippen molar-refractivity contribution in [2.24, 2.45) is 5.92 Å². The second-order valence-electron chi connectivity index (χ2n) is 4.61. The predicted octanol–water partition coefficient (Wildman–Crippen LogP) is 0.414. The standard InChI is InChI=1S/C12H20N4O2/c1-18-8-11-14-10(13)6-12(15-11)16-4-2-9(7-17)3-5-16/h6,9,17H,2-5,7-8H2,1H3,(H2,13,14,15). The molecule has 18 heavy (non-hydrogen) atoms. The Labute approximate surface area is 107 Å². The number of aromatic nitrogens is 2. The Morgan fingerprint density at radius 2 is 2.17 bits per heavy atom. The van der Waals surface area contributed by atoms with Crippen LogP contribution in [0.2, 0.25) is 0 Å². The Balaban J connectivity index is 2.08. The van der Waals surface area contributed by atoms with Crippen molar-refractivity contribution in [3.8, 4) is 0 Å². The second kappa shape index (κ2) is 5.97. The molecule has 2 rings (SSSR count). The van der Waals surface area contributed by atoms with Gasteiger partial charge in [-0.1, -0.05) is 0 Å². The number of anilines is 2. The van der Waals surface area contributed by atoms with Gasteiger partial charge in [-0.25, -0.2) is 9.97 Å². The van der Waals surface area contributed by atoms with Crippen LogP contribution in [-0.4, -0.2) is 41.9 Å². The van der Waals surface area contributed by atoms with Crippen LogP contribution in [-0.2, 0) is 11.3 Å². The molecule has 3 N–H and O–H groups in total. The normalized spacial score (nSPS) is 17.1. The van der Waals surface area contributed by atoms with Crippen molar-refractivity contribution in [1.29, 1.82) is 0 Å². The monoisotopic (exact) mass is 252 g/mol. The first kappa shape index (κ1) is 13.0. The molecule has 100 valence electrons. The van der Waals surface area contributed by atoms with Crippen molar-refractivity contribution in [1.82, 2.24) is 9.97 Å². The molecule has 0 bridgehead atoms. The molecule has 1 aliphatic heterocycles. The van der Waals surface area contributed by atoms with Gasteiger partial charge in [0, 0.05) is 32.9 Å². The summed E-state index contributed by atoms with van der Waals surface area (Å²) in [5, 5.41) is 9.13. The van der Waals surface area contributed by atoms with Crippen molar-refractivity contribution in [2.75, 3.05) is 37.4 Å². The third-order valence-corrected chi connectivity index (χ3v) is 3.25. The minimum Gasteiger partial charge on any atom is -0.396 e. The van der Waals surface area contributed by atoms with E-state index in [1.54, 1.807) is 13.2 Å². The van der Waals surface area contributed by atoms with Crippen LogP contribution in [0.4, 0.5) is 11.6 Å². The first-order valence-electron chi connectivity index (χ1n) is 6.21. The number of nitrogen functional groups attached to an aromatic ring is 1. The number of hydrogen-bond acceptors (Lipinski definition) is 6. The van der Waals surface area contributed by atoms with E-state index in [0.717, 1.165) is 31.7 Å². The van der Waals surface area contributed by atoms with E-state index in [9.17, 15) is 0 Å². The molecule has 0 atom stereocenters. The molecule has 0 radical (unpaired) electrons. The van der Waals surface area contributed by atoms with E-state index in [1.807, 2.05) is 0 Å². The number of nitrogens with zero attached hydrogens (tertiary/aromatic N) is 3. The fraction of sp³-hybridized carbons (Fsp3) is 0.667.